The van der Waals surface area contributed by atoms with Crippen LogP contribution in [0.4, 0.5) is 0 Å². The van der Waals surface area contributed by atoms with Gasteiger partial charge in [-0.3, -0.25) is 14.3 Å². The second kappa shape index (κ2) is 6.55. The number of rotatable bonds is 6. The highest BCUT2D eigenvalue weighted by molar-refractivity contribution is 5.93. The molecule has 0 saturated carbocycles. The Kier molecular flexibility index (Phi) is 4.54. The number of ether oxygens (including phenoxy) is 1. The van der Waals surface area contributed by atoms with Gasteiger partial charge in [0.2, 0.25) is 0 Å². The number of furan rings is 1. The second-order valence-corrected chi connectivity index (χ2v) is 3.96. The Balaban J connectivity index is 1.88. The van der Waals surface area contributed by atoms with Gasteiger partial charge in [-0.1, -0.05) is 0 Å². The lowest BCUT2D eigenvalue weighted by Gasteiger charge is -2.03. The van der Waals surface area contributed by atoms with Crippen LogP contribution in [0.15, 0.2) is 35.0 Å². The first-order valence-corrected chi connectivity index (χ1v) is 6.19. The first-order valence-electron chi connectivity index (χ1n) is 6.19. The van der Waals surface area contributed by atoms with Crippen molar-refractivity contribution >= 4 is 11.9 Å². The quantitative estimate of drug-likeness (QED) is 0.790. The number of hydrogen-bond donors (Lipinski definition) is 1. The summed E-state index contributed by atoms with van der Waals surface area (Å²) in [5.41, 5.74) is 0. The Hall–Kier alpha value is -2.57. The highest BCUT2D eigenvalue weighted by atomic mass is 16.5. The summed E-state index contributed by atoms with van der Waals surface area (Å²) in [6.45, 7) is 2.25. The fraction of sp³-hybridized carbons (Fsp3) is 0.308. The maximum Gasteiger partial charge on any atom is 0.325 e. The molecule has 0 fully saturated rings. The van der Waals surface area contributed by atoms with Gasteiger partial charge in [0.05, 0.1) is 13.2 Å². The zero-order valence-corrected chi connectivity index (χ0v) is 11.0. The summed E-state index contributed by atoms with van der Waals surface area (Å²) in [5.74, 6) is -0.180. The number of aromatic nitrogens is 2. The number of esters is 1. The fourth-order valence-electron chi connectivity index (χ4n) is 1.59. The lowest BCUT2D eigenvalue weighted by Crippen LogP contribution is -2.30. The number of amides is 1. The topological polar surface area (TPSA) is 86.4 Å². The van der Waals surface area contributed by atoms with Crippen LogP contribution in [0.5, 0.6) is 0 Å². The molecule has 2 rings (SSSR count). The van der Waals surface area contributed by atoms with E-state index in [1.54, 1.807) is 42.2 Å². The molecule has 20 heavy (non-hydrogen) atoms. The van der Waals surface area contributed by atoms with Crippen molar-refractivity contribution in [3.05, 3.63) is 42.1 Å². The monoisotopic (exact) mass is 277 g/mol. The van der Waals surface area contributed by atoms with Crippen LogP contribution in [-0.4, -0.2) is 34.8 Å². The van der Waals surface area contributed by atoms with Gasteiger partial charge in [0.25, 0.3) is 5.91 Å². The maximum atomic E-state index is 11.7. The molecular formula is C13H15N3O4. The summed E-state index contributed by atoms with van der Waals surface area (Å²) in [4.78, 5) is 22.9. The normalized spacial score (nSPS) is 10.2. The second-order valence-electron chi connectivity index (χ2n) is 3.96. The van der Waals surface area contributed by atoms with Gasteiger partial charge in [-0.25, -0.2) is 0 Å². The van der Waals surface area contributed by atoms with Crippen molar-refractivity contribution in [1.29, 1.82) is 0 Å². The van der Waals surface area contributed by atoms with E-state index in [1.807, 2.05) is 0 Å². The van der Waals surface area contributed by atoms with E-state index in [0.29, 0.717) is 12.3 Å². The van der Waals surface area contributed by atoms with Gasteiger partial charge >= 0.3 is 5.97 Å². The number of hydrogen-bond acceptors (Lipinski definition) is 5. The van der Waals surface area contributed by atoms with Crippen molar-refractivity contribution in [2.45, 2.75) is 13.5 Å². The third-order valence-corrected chi connectivity index (χ3v) is 2.46. The summed E-state index contributed by atoms with van der Waals surface area (Å²) < 4.78 is 11.8. The van der Waals surface area contributed by atoms with E-state index < -0.39 is 11.9 Å². The zero-order chi connectivity index (χ0) is 14.4. The van der Waals surface area contributed by atoms with Crippen LogP contribution in [-0.2, 0) is 16.1 Å². The van der Waals surface area contributed by atoms with Crippen LogP contribution in [0.3, 0.4) is 0 Å². The van der Waals surface area contributed by atoms with Crippen molar-refractivity contribution in [2.75, 3.05) is 13.2 Å². The lowest BCUT2D eigenvalue weighted by atomic mass is 10.4. The Bertz CT molecular complexity index is 574. The molecule has 0 aliphatic rings. The van der Waals surface area contributed by atoms with Gasteiger partial charge < -0.3 is 14.5 Å². The average Bonchev–Trinajstić information content (AvgIpc) is 3.08. The van der Waals surface area contributed by atoms with Crippen LogP contribution < -0.4 is 5.32 Å². The van der Waals surface area contributed by atoms with Gasteiger partial charge in [-0.15, -0.1) is 0 Å². The first kappa shape index (κ1) is 13.9. The molecule has 7 nitrogen and oxygen atoms in total. The molecule has 0 radical (unpaired) electrons. The molecule has 0 aliphatic carbocycles. The van der Waals surface area contributed by atoms with E-state index in [-0.39, 0.29) is 18.9 Å². The Morgan fingerprint density at radius 2 is 2.30 bits per heavy atom. The van der Waals surface area contributed by atoms with Crippen molar-refractivity contribution in [3.8, 4) is 0 Å². The van der Waals surface area contributed by atoms with Crippen molar-refractivity contribution in [1.82, 2.24) is 15.1 Å². The van der Waals surface area contributed by atoms with Crippen molar-refractivity contribution in [2.24, 2.45) is 0 Å². The molecular weight excluding hydrogens is 262 g/mol. The molecule has 0 unspecified atom stereocenters. The smallest absolute Gasteiger partial charge is 0.325 e. The Labute approximate surface area is 115 Å². The van der Waals surface area contributed by atoms with Crippen LogP contribution in [0.1, 0.15) is 23.2 Å². The van der Waals surface area contributed by atoms with Crippen molar-refractivity contribution < 1.29 is 18.7 Å². The van der Waals surface area contributed by atoms with Gasteiger partial charge in [0, 0.05) is 12.4 Å². The fourth-order valence-corrected chi connectivity index (χ4v) is 1.59. The average molecular weight is 277 g/mol. The van der Waals surface area contributed by atoms with Gasteiger partial charge in [-0.2, -0.15) is 5.10 Å². The molecule has 2 aromatic rings. The van der Waals surface area contributed by atoms with Crippen molar-refractivity contribution in [3.63, 3.8) is 0 Å². The van der Waals surface area contributed by atoms with E-state index in [0.717, 1.165) is 0 Å². The molecule has 0 aromatic carbocycles. The minimum Gasteiger partial charge on any atom is -0.465 e. The predicted molar refractivity (Wildman–Crippen MR) is 69.0 cm³/mol. The van der Waals surface area contributed by atoms with E-state index in [4.69, 9.17) is 9.15 Å². The first-order chi connectivity index (χ1) is 9.69. The third-order valence-electron chi connectivity index (χ3n) is 2.46. The van der Waals surface area contributed by atoms with Crippen LogP contribution in [0, 0.1) is 0 Å². The predicted octanol–water partition coefficient (Wildman–Crippen LogP) is 0.817. The Morgan fingerprint density at radius 3 is 3.00 bits per heavy atom. The van der Waals surface area contributed by atoms with E-state index in [2.05, 4.69) is 10.4 Å². The molecule has 2 aromatic heterocycles. The summed E-state index contributed by atoms with van der Waals surface area (Å²) in [6, 6.07) is 5.05. The number of carbonyl (C=O) groups excluding carboxylic acids is 2. The standard InChI is InChI=1S/C13H15N3O4/c1-2-19-12(17)8-14-13(18)11-5-4-10(20-11)9-16-7-3-6-15-16/h3-7H,2,8-9H2,1H3,(H,14,18). The lowest BCUT2D eigenvalue weighted by molar-refractivity contribution is -0.141. The van der Waals surface area contributed by atoms with Crippen LogP contribution >= 0.6 is 0 Å². The van der Waals surface area contributed by atoms with Gasteiger partial charge in [-0.05, 0) is 25.1 Å². The summed E-state index contributed by atoms with van der Waals surface area (Å²) in [7, 11) is 0. The third kappa shape index (κ3) is 3.71. The largest absolute Gasteiger partial charge is 0.465 e. The highest BCUT2D eigenvalue weighted by Crippen LogP contribution is 2.09. The molecule has 0 saturated heterocycles. The van der Waals surface area contributed by atoms with Crippen LogP contribution in [0.2, 0.25) is 0 Å². The minimum absolute atomic E-state index is 0.149. The van der Waals surface area contributed by atoms with E-state index in [1.165, 1.54) is 0 Å². The zero-order valence-electron chi connectivity index (χ0n) is 11.0. The molecule has 2 heterocycles. The number of nitrogens with one attached hydrogen (secondary N) is 1. The number of carbonyl (C=O) groups is 2. The number of nitrogens with zero attached hydrogens (tertiary/aromatic N) is 2. The maximum absolute atomic E-state index is 11.7. The molecule has 0 aliphatic heterocycles. The summed E-state index contributed by atoms with van der Waals surface area (Å²) >= 11 is 0. The highest BCUT2D eigenvalue weighted by Gasteiger charge is 2.13. The molecule has 1 amide bonds. The molecule has 0 atom stereocenters. The molecule has 106 valence electrons. The molecule has 7 heteroatoms. The minimum atomic E-state index is -0.482. The Morgan fingerprint density at radius 1 is 1.45 bits per heavy atom. The van der Waals surface area contributed by atoms with Crippen LogP contribution in [0.25, 0.3) is 0 Å². The van der Waals surface area contributed by atoms with Gasteiger partial charge in [0.15, 0.2) is 5.76 Å². The molecule has 1 N–H and O–H groups in total. The molecule has 0 bridgehead atoms. The van der Waals surface area contributed by atoms with E-state index >= 15 is 0 Å². The summed E-state index contributed by atoms with van der Waals surface area (Å²) in [5, 5.41) is 6.47. The summed E-state index contributed by atoms with van der Waals surface area (Å²) in [6.07, 6.45) is 3.46. The molecule has 0 spiro atoms. The van der Waals surface area contributed by atoms with E-state index in [9.17, 15) is 9.59 Å². The SMILES string of the molecule is CCOC(=O)CNC(=O)c1ccc(Cn2cccn2)o1. The van der Waals surface area contributed by atoms with Gasteiger partial charge in [0.1, 0.15) is 12.3 Å².